The van der Waals surface area contributed by atoms with Crippen LogP contribution >= 0.6 is 22.9 Å². The van der Waals surface area contributed by atoms with E-state index >= 15 is 8.78 Å². The normalized spacial score (nSPS) is 26.1. The molecule has 0 radical (unpaired) electrons. The number of ether oxygens (including phenoxy) is 3. The van der Waals surface area contributed by atoms with Crippen molar-refractivity contribution in [2.45, 2.75) is 44.0 Å². The number of thiophene rings is 1. The molecule has 0 aliphatic carbocycles. The first-order valence-corrected chi connectivity index (χ1v) is 16.2. The van der Waals surface area contributed by atoms with Crippen LogP contribution < -0.4 is 14.4 Å². The highest BCUT2D eigenvalue weighted by Crippen LogP contribution is 2.51. The first-order chi connectivity index (χ1) is 21.7. The SMILES string of the molecule is Cc1sc2c(F)ccc(-c3c(Cl)c4c5c(nc(OC[C@@]67CCCN6C[C@H](F)C7)nc5c3F)N(C)CC3COCC3O4)c2c1C#N. The van der Waals surface area contributed by atoms with Gasteiger partial charge in [-0.3, -0.25) is 4.90 Å². The molecule has 3 fully saturated rings. The minimum atomic E-state index is -0.930. The fourth-order valence-corrected chi connectivity index (χ4v) is 9.03. The molecular formula is C32H29ClF3N5O3S. The Kier molecular flexibility index (Phi) is 6.84. The lowest BCUT2D eigenvalue weighted by Gasteiger charge is -2.32. The quantitative estimate of drug-likeness (QED) is 0.249. The molecule has 2 aromatic heterocycles. The first-order valence-electron chi connectivity index (χ1n) is 15.0. The predicted molar refractivity (Wildman–Crippen MR) is 165 cm³/mol. The monoisotopic (exact) mass is 655 g/mol. The summed E-state index contributed by atoms with van der Waals surface area (Å²) in [5, 5.41) is 10.5. The third kappa shape index (κ3) is 4.38. The van der Waals surface area contributed by atoms with Gasteiger partial charge in [0.15, 0.2) is 11.6 Å². The number of rotatable bonds is 4. The number of hydrogen-bond acceptors (Lipinski definition) is 9. The Labute approximate surface area is 266 Å². The fourth-order valence-electron chi connectivity index (χ4n) is 7.67. The molecule has 4 aliphatic rings. The summed E-state index contributed by atoms with van der Waals surface area (Å²) in [5.74, 6) is -0.727. The summed E-state index contributed by atoms with van der Waals surface area (Å²) in [7, 11) is 1.86. The van der Waals surface area contributed by atoms with Gasteiger partial charge < -0.3 is 19.1 Å². The molecule has 0 N–H and O–H groups in total. The van der Waals surface area contributed by atoms with E-state index in [0.717, 1.165) is 30.7 Å². The molecule has 13 heteroatoms. The average molecular weight is 656 g/mol. The maximum Gasteiger partial charge on any atom is 0.319 e. The molecule has 2 aromatic carbocycles. The van der Waals surface area contributed by atoms with Crippen LogP contribution in [0.1, 0.15) is 29.7 Å². The number of alkyl halides is 1. The standard InChI is InChI=1S/C32H29ClF3N5O3S/c1-15-19(9-37)22-18(4-5-20(35)29(22)45-15)23-25(33)28-24-27(26(23)36)38-31(43-14-32-6-3-7-41(32)11-17(34)8-32)39-30(24)40(2)10-16-12-42-13-21(16)44-28/h4-5,16-17,21H,3,6-8,10-14H2,1-2H3/t16?,17-,21?,32+/m1/s1. The lowest BCUT2D eigenvalue weighted by atomic mass is 9.95. The summed E-state index contributed by atoms with van der Waals surface area (Å²) >= 11 is 8.21. The van der Waals surface area contributed by atoms with E-state index in [4.69, 9.17) is 30.8 Å². The largest absolute Gasteiger partial charge is 0.485 e. The van der Waals surface area contributed by atoms with Crippen LogP contribution in [0, 0.1) is 35.8 Å². The summed E-state index contributed by atoms with van der Waals surface area (Å²) in [6.45, 7) is 4.39. The van der Waals surface area contributed by atoms with Crippen molar-refractivity contribution in [3.8, 4) is 29.0 Å². The highest BCUT2D eigenvalue weighted by atomic mass is 35.5. The van der Waals surface area contributed by atoms with Crippen molar-refractivity contribution in [3.63, 3.8) is 0 Å². The van der Waals surface area contributed by atoms with Crippen molar-refractivity contribution < 1.29 is 27.4 Å². The van der Waals surface area contributed by atoms with E-state index in [9.17, 15) is 9.65 Å². The predicted octanol–water partition coefficient (Wildman–Crippen LogP) is 6.42. The topological polar surface area (TPSA) is 83.7 Å². The molecule has 45 heavy (non-hydrogen) atoms. The molecule has 8 rings (SSSR count). The number of halogens is 4. The maximum absolute atomic E-state index is 17.1. The highest BCUT2D eigenvalue weighted by molar-refractivity contribution is 7.19. The van der Waals surface area contributed by atoms with E-state index in [1.165, 1.54) is 12.1 Å². The second kappa shape index (κ2) is 10.6. The van der Waals surface area contributed by atoms with Crippen molar-refractivity contribution in [2.75, 3.05) is 51.4 Å². The van der Waals surface area contributed by atoms with Crippen LogP contribution in [-0.2, 0) is 4.74 Å². The Balaban J connectivity index is 1.36. The summed E-state index contributed by atoms with van der Waals surface area (Å²) in [6.07, 6.45) is 0.824. The minimum absolute atomic E-state index is 0.0183. The van der Waals surface area contributed by atoms with Crippen LogP contribution in [0.25, 0.3) is 32.1 Å². The van der Waals surface area contributed by atoms with Crippen LogP contribution in [0.3, 0.4) is 0 Å². The molecule has 234 valence electrons. The summed E-state index contributed by atoms with van der Waals surface area (Å²) in [6, 6.07) is 4.80. The summed E-state index contributed by atoms with van der Waals surface area (Å²) in [5.41, 5.74) is -0.0693. The summed E-state index contributed by atoms with van der Waals surface area (Å²) in [4.78, 5) is 14.0. The smallest absolute Gasteiger partial charge is 0.319 e. The Bertz CT molecular complexity index is 1930. The number of hydrogen-bond donors (Lipinski definition) is 0. The van der Waals surface area contributed by atoms with Gasteiger partial charge in [-0.2, -0.15) is 15.2 Å². The van der Waals surface area contributed by atoms with Gasteiger partial charge >= 0.3 is 6.01 Å². The molecular weight excluding hydrogens is 627 g/mol. The molecule has 2 unspecified atom stereocenters. The van der Waals surface area contributed by atoms with Gasteiger partial charge in [0.1, 0.15) is 42.1 Å². The van der Waals surface area contributed by atoms with E-state index in [1.807, 2.05) is 11.9 Å². The Morgan fingerprint density at radius 3 is 2.89 bits per heavy atom. The van der Waals surface area contributed by atoms with Crippen LogP contribution in [0.2, 0.25) is 5.02 Å². The highest BCUT2D eigenvalue weighted by Gasteiger charge is 2.49. The fraction of sp³-hybridized carbons (Fsp3) is 0.469. The molecule has 3 saturated heterocycles. The zero-order valence-electron chi connectivity index (χ0n) is 24.6. The zero-order valence-corrected chi connectivity index (χ0v) is 26.2. The maximum atomic E-state index is 17.1. The number of fused-ring (bicyclic) bond motifs is 3. The van der Waals surface area contributed by atoms with Crippen molar-refractivity contribution in [3.05, 3.63) is 39.2 Å². The van der Waals surface area contributed by atoms with Crippen molar-refractivity contribution in [2.24, 2.45) is 5.92 Å². The summed E-state index contributed by atoms with van der Waals surface area (Å²) < 4.78 is 65.3. The third-order valence-corrected chi connectivity index (χ3v) is 11.3. The number of aryl methyl sites for hydroxylation is 1. The van der Waals surface area contributed by atoms with Crippen molar-refractivity contribution >= 4 is 49.7 Å². The molecule has 4 aliphatic heterocycles. The number of aromatic nitrogens is 2. The van der Waals surface area contributed by atoms with Crippen LogP contribution in [0.15, 0.2) is 12.1 Å². The first kappa shape index (κ1) is 29.1. The zero-order chi connectivity index (χ0) is 31.2. The van der Waals surface area contributed by atoms with Gasteiger partial charge in [0.25, 0.3) is 0 Å². The molecule has 4 aromatic rings. The molecule has 4 atom stereocenters. The number of anilines is 1. The Morgan fingerprint density at radius 1 is 1.22 bits per heavy atom. The van der Waals surface area contributed by atoms with Gasteiger partial charge in [0.2, 0.25) is 0 Å². The molecule has 0 saturated carbocycles. The molecule has 8 nitrogen and oxygen atoms in total. The second-order valence-electron chi connectivity index (χ2n) is 12.5. The van der Waals surface area contributed by atoms with Crippen LogP contribution in [-0.4, -0.2) is 79.2 Å². The van der Waals surface area contributed by atoms with Crippen LogP contribution in [0.5, 0.6) is 11.8 Å². The van der Waals surface area contributed by atoms with E-state index in [1.54, 1.807) is 6.92 Å². The molecule has 0 bridgehead atoms. The van der Waals surface area contributed by atoms with Gasteiger partial charge in [-0.1, -0.05) is 17.7 Å². The second-order valence-corrected chi connectivity index (χ2v) is 14.1. The lowest BCUT2D eigenvalue weighted by Crippen LogP contribution is -2.43. The number of nitriles is 1. The van der Waals surface area contributed by atoms with Gasteiger partial charge in [0.05, 0.1) is 39.4 Å². The van der Waals surface area contributed by atoms with Crippen LogP contribution in [0.4, 0.5) is 19.0 Å². The minimum Gasteiger partial charge on any atom is -0.485 e. The molecule has 0 amide bonds. The van der Waals surface area contributed by atoms with Gasteiger partial charge in [0, 0.05) is 48.3 Å². The van der Waals surface area contributed by atoms with E-state index in [2.05, 4.69) is 16.0 Å². The van der Waals surface area contributed by atoms with Crippen molar-refractivity contribution in [1.82, 2.24) is 14.9 Å². The lowest BCUT2D eigenvalue weighted by molar-refractivity contribution is 0.107. The average Bonchev–Trinajstić information content (AvgIpc) is 3.76. The third-order valence-electron chi connectivity index (χ3n) is 9.80. The van der Waals surface area contributed by atoms with Crippen molar-refractivity contribution in [1.29, 1.82) is 5.26 Å². The Hall–Kier alpha value is -3.37. The number of nitrogens with zero attached hydrogens (tertiary/aromatic N) is 5. The molecule has 0 spiro atoms. The van der Waals surface area contributed by atoms with Gasteiger partial charge in [-0.15, -0.1) is 11.3 Å². The van der Waals surface area contributed by atoms with E-state index < -0.39 is 23.3 Å². The van der Waals surface area contributed by atoms with Gasteiger partial charge in [-0.05, 0) is 37.9 Å². The van der Waals surface area contributed by atoms with E-state index in [0.29, 0.717) is 43.4 Å². The van der Waals surface area contributed by atoms with E-state index in [-0.39, 0.29) is 73.1 Å². The van der Waals surface area contributed by atoms with Gasteiger partial charge in [-0.25, -0.2) is 13.2 Å². The number of benzene rings is 2. The molecule has 6 heterocycles. The Morgan fingerprint density at radius 2 is 2.07 bits per heavy atom.